The summed E-state index contributed by atoms with van der Waals surface area (Å²) in [5.41, 5.74) is 0.0720. The molecule has 0 N–H and O–H groups in total. The van der Waals surface area contributed by atoms with Gasteiger partial charge in [0.15, 0.2) is 0 Å². The van der Waals surface area contributed by atoms with E-state index in [1.807, 2.05) is 0 Å². The molecule has 2 rings (SSSR count). The van der Waals surface area contributed by atoms with E-state index in [4.69, 9.17) is 0 Å². The summed E-state index contributed by atoms with van der Waals surface area (Å²) in [5, 5.41) is 0. The smallest absolute Gasteiger partial charge is 0.264 e. The molecule has 0 atom stereocenters. The lowest BCUT2D eigenvalue weighted by Gasteiger charge is -2.51. The molecule has 0 bridgehead atoms. The van der Waals surface area contributed by atoms with E-state index in [1.165, 1.54) is 6.21 Å². The Balaban J connectivity index is 1.91. The molecule has 2 fully saturated rings. The average molecular weight is 244 g/mol. The van der Waals surface area contributed by atoms with E-state index in [1.54, 1.807) is 11.9 Å². The van der Waals surface area contributed by atoms with E-state index >= 15 is 0 Å². The minimum absolute atomic E-state index is 0.0680. The third kappa shape index (κ3) is 2.11. The number of carbonyl (C=O) groups is 1. The number of aliphatic imine (C=N–C) groups is 1. The zero-order valence-electron chi connectivity index (χ0n) is 9.35. The standard InChI is InChI=1S/C10H16N2O3S/c1-11-6-9(13)12-7-10(8-12)2-4-16(14,15)5-3-10/h6H,2-5,7-8H2,1H3. The van der Waals surface area contributed by atoms with Gasteiger partial charge in [-0.15, -0.1) is 0 Å². The number of likely N-dealkylation sites (tertiary alicyclic amines) is 1. The maximum Gasteiger partial charge on any atom is 0.264 e. The Morgan fingerprint density at radius 1 is 1.31 bits per heavy atom. The van der Waals surface area contributed by atoms with Crippen molar-refractivity contribution in [3.8, 4) is 0 Å². The van der Waals surface area contributed by atoms with Crippen LogP contribution in [0.1, 0.15) is 12.8 Å². The number of nitrogens with zero attached hydrogens (tertiary/aromatic N) is 2. The van der Waals surface area contributed by atoms with Crippen molar-refractivity contribution in [2.45, 2.75) is 12.8 Å². The second-order valence-corrected chi connectivity index (χ2v) is 7.04. The van der Waals surface area contributed by atoms with Crippen LogP contribution >= 0.6 is 0 Å². The van der Waals surface area contributed by atoms with Crippen LogP contribution in [-0.2, 0) is 14.6 Å². The van der Waals surface area contributed by atoms with Crippen LogP contribution in [0.5, 0.6) is 0 Å². The van der Waals surface area contributed by atoms with Crippen LogP contribution in [0.15, 0.2) is 4.99 Å². The molecule has 0 aromatic heterocycles. The molecule has 0 radical (unpaired) electrons. The zero-order chi connectivity index (χ0) is 11.8. The van der Waals surface area contributed by atoms with Gasteiger partial charge in [0.25, 0.3) is 5.91 Å². The van der Waals surface area contributed by atoms with Gasteiger partial charge in [0, 0.05) is 25.6 Å². The molecule has 2 aliphatic rings. The second kappa shape index (κ2) is 3.84. The van der Waals surface area contributed by atoms with Gasteiger partial charge >= 0.3 is 0 Å². The lowest BCUT2D eigenvalue weighted by molar-refractivity contribution is -0.135. The van der Waals surface area contributed by atoms with E-state index in [0.29, 0.717) is 25.9 Å². The predicted octanol–water partition coefficient (Wildman–Crippen LogP) is -0.276. The first-order valence-corrected chi connectivity index (χ1v) is 7.20. The summed E-state index contributed by atoms with van der Waals surface area (Å²) in [6.07, 6.45) is 2.71. The van der Waals surface area contributed by atoms with Crippen molar-refractivity contribution in [3.63, 3.8) is 0 Å². The third-order valence-electron chi connectivity index (χ3n) is 3.49. The number of carbonyl (C=O) groups excluding carboxylic acids is 1. The third-order valence-corrected chi connectivity index (χ3v) is 5.14. The summed E-state index contributed by atoms with van der Waals surface area (Å²) in [6.45, 7) is 1.38. The van der Waals surface area contributed by atoms with E-state index in [9.17, 15) is 13.2 Å². The summed E-state index contributed by atoms with van der Waals surface area (Å²) < 4.78 is 22.6. The molecule has 0 aromatic rings. The molecular formula is C10H16N2O3S. The first-order chi connectivity index (χ1) is 7.46. The van der Waals surface area contributed by atoms with Gasteiger partial charge in [-0.05, 0) is 12.8 Å². The monoisotopic (exact) mass is 244 g/mol. The summed E-state index contributed by atoms with van der Waals surface area (Å²) in [7, 11) is -1.24. The fourth-order valence-corrected chi connectivity index (χ4v) is 4.09. The van der Waals surface area contributed by atoms with Crippen molar-refractivity contribution in [2.75, 3.05) is 31.6 Å². The molecule has 0 aromatic carbocycles. The van der Waals surface area contributed by atoms with Crippen LogP contribution in [0.4, 0.5) is 0 Å². The lowest BCUT2D eigenvalue weighted by Crippen LogP contribution is -2.61. The van der Waals surface area contributed by atoms with Gasteiger partial charge < -0.3 is 4.90 Å². The molecule has 5 nitrogen and oxygen atoms in total. The van der Waals surface area contributed by atoms with Crippen LogP contribution in [-0.4, -0.2) is 57.1 Å². The van der Waals surface area contributed by atoms with Gasteiger partial charge in [-0.3, -0.25) is 9.79 Å². The highest BCUT2D eigenvalue weighted by Gasteiger charge is 2.47. The van der Waals surface area contributed by atoms with Crippen molar-refractivity contribution < 1.29 is 13.2 Å². The largest absolute Gasteiger partial charge is 0.337 e. The quantitative estimate of drug-likeness (QED) is 0.596. The van der Waals surface area contributed by atoms with Crippen LogP contribution in [0.2, 0.25) is 0 Å². The summed E-state index contributed by atoms with van der Waals surface area (Å²) >= 11 is 0. The van der Waals surface area contributed by atoms with Crippen LogP contribution in [0, 0.1) is 5.41 Å². The summed E-state index contributed by atoms with van der Waals surface area (Å²) in [5.74, 6) is 0.481. The maximum atomic E-state index is 11.4. The Labute approximate surface area is 95.5 Å². The normalized spacial score (nSPS) is 26.9. The van der Waals surface area contributed by atoms with Crippen molar-refractivity contribution >= 4 is 22.0 Å². The van der Waals surface area contributed by atoms with Crippen molar-refractivity contribution in [2.24, 2.45) is 10.4 Å². The number of hydrogen-bond acceptors (Lipinski definition) is 4. The SMILES string of the molecule is CN=CC(=O)N1CC2(CCS(=O)(=O)CC2)C1. The molecule has 0 aliphatic carbocycles. The first kappa shape index (κ1) is 11.6. The molecule has 2 saturated heterocycles. The van der Waals surface area contributed by atoms with Gasteiger partial charge in [0.1, 0.15) is 9.84 Å². The molecule has 16 heavy (non-hydrogen) atoms. The second-order valence-electron chi connectivity index (χ2n) is 4.73. The zero-order valence-corrected chi connectivity index (χ0v) is 10.2. The number of amides is 1. The van der Waals surface area contributed by atoms with E-state index in [-0.39, 0.29) is 22.8 Å². The molecule has 6 heteroatoms. The van der Waals surface area contributed by atoms with Gasteiger partial charge in [-0.1, -0.05) is 0 Å². The molecule has 2 aliphatic heterocycles. The number of rotatable bonds is 1. The van der Waals surface area contributed by atoms with Crippen LogP contribution in [0.3, 0.4) is 0 Å². The number of hydrogen-bond donors (Lipinski definition) is 0. The minimum Gasteiger partial charge on any atom is -0.337 e. The fraction of sp³-hybridized carbons (Fsp3) is 0.800. The van der Waals surface area contributed by atoms with E-state index in [0.717, 1.165) is 0 Å². The predicted molar refractivity (Wildman–Crippen MR) is 61.3 cm³/mol. The Morgan fingerprint density at radius 3 is 2.38 bits per heavy atom. The number of sulfone groups is 1. The highest BCUT2D eigenvalue weighted by atomic mass is 32.2. The van der Waals surface area contributed by atoms with Crippen molar-refractivity contribution in [1.82, 2.24) is 4.90 Å². The summed E-state index contributed by atoms with van der Waals surface area (Å²) in [4.78, 5) is 16.8. The summed E-state index contributed by atoms with van der Waals surface area (Å²) in [6, 6.07) is 0. The Morgan fingerprint density at radius 2 is 1.88 bits per heavy atom. The highest BCUT2D eigenvalue weighted by Crippen LogP contribution is 2.40. The van der Waals surface area contributed by atoms with Crippen molar-refractivity contribution in [1.29, 1.82) is 0 Å². The molecule has 1 spiro atoms. The average Bonchev–Trinajstić information content (AvgIpc) is 2.15. The lowest BCUT2D eigenvalue weighted by atomic mass is 9.75. The maximum absolute atomic E-state index is 11.4. The molecule has 1 amide bonds. The van der Waals surface area contributed by atoms with E-state index < -0.39 is 9.84 Å². The Hall–Kier alpha value is -0.910. The van der Waals surface area contributed by atoms with Gasteiger partial charge in [-0.2, -0.15) is 0 Å². The van der Waals surface area contributed by atoms with Crippen molar-refractivity contribution in [3.05, 3.63) is 0 Å². The Bertz CT molecular complexity index is 405. The van der Waals surface area contributed by atoms with Gasteiger partial charge in [0.05, 0.1) is 17.7 Å². The van der Waals surface area contributed by atoms with Gasteiger partial charge in [0.2, 0.25) is 0 Å². The van der Waals surface area contributed by atoms with Crippen LogP contribution in [0.25, 0.3) is 0 Å². The molecule has 2 heterocycles. The molecular weight excluding hydrogens is 228 g/mol. The first-order valence-electron chi connectivity index (χ1n) is 5.38. The Kier molecular flexibility index (Phi) is 2.77. The van der Waals surface area contributed by atoms with Gasteiger partial charge in [-0.25, -0.2) is 8.42 Å². The molecule has 0 saturated carbocycles. The molecule has 0 unspecified atom stereocenters. The van der Waals surface area contributed by atoms with E-state index in [2.05, 4.69) is 4.99 Å². The molecule has 90 valence electrons. The highest BCUT2D eigenvalue weighted by molar-refractivity contribution is 7.91. The fourth-order valence-electron chi connectivity index (χ4n) is 2.40. The van der Waals surface area contributed by atoms with Crippen LogP contribution < -0.4 is 0 Å². The minimum atomic E-state index is -2.81. The topological polar surface area (TPSA) is 66.8 Å².